The second-order valence-electron chi connectivity index (χ2n) is 20.3. The molecule has 0 saturated carbocycles. The van der Waals surface area contributed by atoms with Crippen LogP contribution >= 0.6 is 0 Å². The zero-order valence-electron chi connectivity index (χ0n) is 49.8. The summed E-state index contributed by atoms with van der Waals surface area (Å²) >= 11 is 0. The van der Waals surface area contributed by atoms with E-state index in [9.17, 15) is 29.4 Å². The average molecular weight is 1180 g/mol. The number of carbonyl (C=O) groups is 4. The number of hydrogen-bond donors (Lipinski definition) is 0. The van der Waals surface area contributed by atoms with Crippen molar-refractivity contribution in [2.24, 2.45) is 0 Å². The number of esters is 2. The van der Waals surface area contributed by atoms with Gasteiger partial charge in [0.2, 0.25) is 0 Å². The smallest absolute Gasteiger partial charge is 0.545 e. The maximum atomic E-state index is 12.0. The van der Waals surface area contributed by atoms with Crippen molar-refractivity contribution in [1.29, 1.82) is 0 Å². The minimum absolute atomic E-state index is 0. The van der Waals surface area contributed by atoms with Gasteiger partial charge in [0.05, 0.1) is 36.3 Å². The number of benzene rings is 2. The molecule has 436 valence electrons. The van der Waals surface area contributed by atoms with E-state index in [0.29, 0.717) is 13.2 Å². The fourth-order valence-corrected chi connectivity index (χ4v) is 8.42. The minimum Gasteiger partial charge on any atom is -0.545 e. The molecule has 0 bridgehead atoms. The van der Waals surface area contributed by atoms with Gasteiger partial charge in [0.15, 0.2) is 0 Å². The van der Waals surface area contributed by atoms with Crippen molar-refractivity contribution >= 4 is 47.8 Å². The molecule has 0 heterocycles. The number of carbonyl (C=O) groups excluding carboxylic acids is 4. The molecule has 0 saturated heterocycles. The van der Waals surface area contributed by atoms with Gasteiger partial charge in [0.1, 0.15) is 0 Å². The third-order valence-corrected chi connectivity index (χ3v) is 13.2. The van der Waals surface area contributed by atoms with Crippen LogP contribution in [0.15, 0.2) is 72.8 Å². The van der Waals surface area contributed by atoms with E-state index in [2.05, 4.69) is 65.8 Å². The molecule has 8 nitrogen and oxygen atoms in total. The number of rotatable bonds is 46. The van der Waals surface area contributed by atoms with Crippen LogP contribution in [-0.2, 0) is 9.47 Å². The molecular formula is C68H112O8Sn. The molecule has 0 atom stereocenters. The molecule has 0 fully saturated rings. The third-order valence-electron chi connectivity index (χ3n) is 13.2. The van der Waals surface area contributed by atoms with Crippen molar-refractivity contribution in [3.63, 3.8) is 0 Å². The number of aromatic carboxylic acids is 2. The predicted molar refractivity (Wildman–Crippen MR) is 324 cm³/mol. The first kappa shape index (κ1) is 77.8. The minimum atomic E-state index is -1.36. The number of hydrogen-bond acceptors (Lipinski definition) is 8. The molecule has 0 unspecified atom stereocenters. The molecule has 4 radical (unpaired) electrons. The van der Waals surface area contributed by atoms with Gasteiger partial charge >= 0.3 is 35.8 Å². The van der Waals surface area contributed by atoms with Crippen LogP contribution in [0.4, 0.5) is 0 Å². The molecule has 2 aromatic carbocycles. The van der Waals surface area contributed by atoms with Gasteiger partial charge in [-0.1, -0.05) is 295 Å². The summed E-state index contributed by atoms with van der Waals surface area (Å²) in [5, 5.41) is 22.1. The monoisotopic (exact) mass is 1180 g/mol. The standard InChI is InChI=1S/2C26H40O4.2C8H17.Sn/c2*1-2-3-4-5-6-7-8-9-10-11-12-13-14-15-16-19-22-30-26(29)24-21-18-17-20-23(24)25(27)28;2*1-3-5-7-8-6-4-2;/h2*6-7,17-18,20-21H,2-5,8-16,19,22H2,1H3,(H,27,28);2*1,3-8H2,2H3;/q;;;;+2/p-2/b2*7-6+;;;. The van der Waals surface area contributed by atoms with Crippen LogP contribution in [0.2, 0.25) is 0 Å². The summed E-state index contributed by atoms with van der Waals surface area (Å²) in [5.74, 6) is -3.90. The topological polar surface area (TPSA) is 133 Å². The fraction of sp³-hybridized carbons (Fsp3) is 0.676. The van der Waals surface area contributed by atoms with E-state index in [0.717, 1.165) is 51.4 Å². The van der Waals surface area contributed by atoms with Crippen LogP contribution < -0.4 is 10.2 Å². The SMILES string of the molecule is CCCCC/C=C/CCCCCCCCCCCOC(=O)c1ccccc1C(=O)[O-].CCCCC/C=C/CCCCCCCCCCCOC(=O)c1ccccc1C(=O)[O-].[CH2]CCCCCCC.[CH2]CCCCCCC.[Sn+2]. The Morgan fingerprint density at radius 1 is 0.351 bits per heavy atom. The van der Waals surface area contributed by atoms with Crippen molar-refractivity contribution in [1.82, 2.24) is 0 Å². The summed E-state index contributed by atoms with van der Waals surface area (Å²) in [7, 11) is 0. The summed E-state index contributed by atoms with van der Waals surface area (Å²) in [6.07, 6.45) is 59.6. The van der Waals surface area contributed by atoms with Crippen LogP contribution in [-0.4, -0.2) is 61.0 Å². The van der Waals surface area contributed by atoms with E-state index < -0.39 is 23.9 Å². The van der Waals surface area contributed by atoms with Crippen molar-refractivity contribution < 1.29 is 38.9 Å². The summed E-state index contributed by atoms with van der Waals surface area (Å²) in [5.41, 5.74) is -0.120. The maximum absolute atomic E-state index is 12.0. The molecule has 77 heavy (non-hydrogen) atoms. The molecular weight excluding hydrogens is 1060 g/mol. The van der Waals surface area contributed by atoms with Gasteiger partial charge in [-0.15, -0.1) is 0 Å². The van der Waals surface area contributed by atoms with Crippen LogP contribution in [0.1, 0.15) is 326 Å². The van der Waals surface area contributed by atoms with Crippen molar-refractivity contribution in [3.8, 4) is 0 Å². The van der Waals surface area contributed by atoms with E-state index in [4.69, 9.17) is 9.47 Å². The zero-order valence-corrected chi connectivity index (χ0v) is 52.7. The van der Waals surface area contributed by atoms with Gasteiger partial charge in [-0.25, -0.2) is 9.59 Å². The Bertz CT molecular complexity index is 1540. The second-order valence-corrected chi connectivity index (χ2v) is 20.3. The van der Waals surface area contributed by atoms with Crippen LogP contribution in [0.5, 0.6) is 0 Å². The molecule has 0 N–H and O–H groups in total. The summed E-state index contributed by atoms with van der Waals surface area (Å²) < 4.78 is 10.4. The Morgan fingerprint density at radius 2 is 0.571 bits per heavy atom. The Morgan fingerprint density at radius 3 is 0.844 bits per heavy atom. The second kappa shape index (κ2) is 63.4. The molecule has 0 aliphatic heterocycles. The van der Waals surface area contributed by atoms with Gasteiger partial charge in [-0.3, -0.25) is 0 Å². The maximum Gasteiger partial charge on any atom is 2.00 e. The number of unbranched alkanes of at least 4 members (excludes halogenated alkanes) is 34. The molecule has 2 rings (SSSR count). The van der Waals surface area contributed by atoms with Gasteiger partial charge in [0, 0.05) is 11.1 Å². The fourth-order valence-electron chi connectivity index (χ4n) is 8.42. The zero-order chi connectivity index (χ0) is 56.2. The van der Waals surface area contributed by atoms with E-state index in [-0.39, 0.29) is 46.2 Å². The number of allylic oxidation sites excluding steroid dienone is 4. The van der Waals surface area contributed by atoms with Crippen LogP contribution in [0, 0.1) is 13.8 Å². The van der Waals surface area contributed by atoms with Crippen molar-refractivity contribution in [3.05, 3.63) is 109 Å². The molecule has 2 aromatic rings. The van der Waals surface area contributed by atoms with Crippen molar-refractivity contribution in [2.75, 3.05) is 13.2 Å². The first-order chi connectivity index (χ1) is 37.2. The van der Waals surface area contributed by atoms with E-state index in [1.54, 1.807) is 24.3 Å². The van der Waals surface area contributed by atoms with Crippen LogP contribution in [0.3, 0.4) is 0 Å². The van der Waals surface area contributed by atoms with Crippen molar-refractivity contribution in [2.45, 2.75) is 285 Å². The Balaban J connectivity index is -0.00000109. The quantitative estimate of drug-likeness (QED) is 0.0277. The molecule has 9 heteroatoms. The van der Waals surface area contributed by atoms with E-state index >= 15 is 0 Å². The Hall–Kier alpha value is -3.40. The number of ether oxygens (including phenoxy) is 2. The molecule has 0 amide bonds. The molecule has 0 aliphatic carbocycles. The number of carboxylic acids is 2. The van der Waals surface area contributed by atoms with Gasteiger partial charge < -0.3 is 29.3 Å². The normalized spacial score (nSPS) is 10.7. The molecule has 0 aromatic heterocycles. The summed E-state index contributed by atoms with van der Waals surface area (Å²) in [6, 6.07) is 12.0. The largest absolute Gasteiger partial charge is 2.00 e. The predicted octanol–water partition coefficient (Wildman–Crippen LogP) is 18.5. The molecule has 0 spiro atoms. The molecule has 0 aliphatic rings. The summed E-state index contributed by atoms with van der Waals surface area (Å²) in [6.45, 7) is 17.2. The van der Waals surface area contributed by atoms with Crippen LogP contribution in [0.25, 0.3) is 0 Å². The summed E-state index contributed by atoms with van der Waals surface area (Å²) in [4.78, 5) is 46.1. The van der Waals surface area contributed by atoms with Gasteiger partial charge in [0.25, 0.3) is 0 Å². The van der Waals surface area contributed by atoms with E-state index in [1.807, 2.05) is 0 Å². The first-order valence-electron chi connectivity index (χ1n) is 31.0. The number of carboxylic acid groups (broad SMARTS) is 2. The Labute approximate surface area is 490 Å². The van der Waals surface area contributed by atoms with E-state index in [1.165, 1.54) is 230 Å². The third kappa shape index (κ3) is 53.0. The first-order valence-corrected chi connectivity index (χ1v) is 31.0. The Kier molecular flexibility index (Phi) is 64.1. The van der Waals surface area contributed by atoms with Gasteiger partial charge in [-0.2, -0.15) is 0 Å². The van der Waals surface area contributed by atoms with Gasteiger partial charge in [-0.05, 0) is 76.3 Å². The average Bonchev–Trinajstić information content (AvgIpc) is 3.43.